The van der Waals surface area contributed by atoms with Gasteiger partial charge in [-0.05, 0) is 46.5 Å². The van der Waals surface area contributed by atoms with Crippen molar-refractivity contribution in [3.05, 3.63) is 127 Å². The van der Waals surface area contributed by atoms with Gasteiger partial charge in [0.2, 0.25) is 0 Å². The third kappa shape index (κ3) is 5.50. The van der Waals surface area contributed by atoms with Crippen LogP contribution in [-0.4, -0.2) is 38.2 Å². The molecule has 0 saturated heterocycles. The summed E-state index contributed by atoms with van der Waals surface area (Å²) in [6, 6.07) is 45.1. The first-order valence-corrected chi connectivity index (χ1v) is 13.9. The second kappa shape index (κ2) is 11.2. The van der Waals surface area contributed by atoms with Gasteiger partial charge in [0, 0.05) is 56.3 Å². The van der Waals surface area contributed by atoms with Gasteiger partial charge in [-0.3, -0.25) is 0 Å². The zero-order valence-corrected chi connectivity index (χ0v) is 24.0. The van der Waals surface area contributed by atoms with E-state index in [1.54, 1.807) is 0 Å². The van der Waals surface area contributed by atoms with Gasteiger partial charge in [0.1, 0.15) is 5.82 Å². The van der Waals surface area contributed by atoms with Crippen molar-refractivity contribution in [1.29, 1.82) is 0 Å². The lowest BCUT2D eigenvalue weighted by Gasteiger charge is -2.13. The second-order valence-corrected chi connectivity index (χ2v) is 10.7. The van der Waals surface area contributed by atoms with Gasteiger partial charge in [0.25, 0.3) is 0 Å². The fraction of sp³-hybridized carbons (Fsp3) is 0.108. The van der Waals surface area contributed by atoms with Gasteiger partial charge in [-0.15, -0.1) is 0 Å². The Balaban J connectivity index is 1.35. The Kier molecular flexibility index (Phi) is 7.13. The monoisotopic (exact) mass is 534 g/mol. The summed E-state index contributed by atoms with van der Waals surface area (Å²) in [6.45, 7) is 0. The van der Waals surface area contributed by atoms with Crippen LogP contribution < -0.4 is 9.80 Å². The van der Waals surface area contributed by atoms with Crippen molar-refractivity contribution in [2.45, 2.75) is 0 Å². The van der Waals surface area contributed by atoms with Gasteiger partial charge in [-0.1, -0.05) is 103 Å². The van der Waals surface area contributed by atoms with Crippen LogP contribution in [0.3, 0.4) is 0 Å². The predicted molar refractivity (Wildman–Crippen MR) is 174 cm³/mol. The van der Waals surface area contributed by atoms with Crippen molar-refractivity contribution in [1.82, 2.24) is 9.97 Å². The van der Waals surface area contributed by atoms with Gasteiger partial charge in [-0.25, -0.2) is 4.98 Å². The minimum atomic E-state index is 0.863. The summed E-state index contributed by atoms with van der Waals surface area (Å²) >= 11 is 0. The number of nitrogens with zero attached hydrogens (tertiary/aromatic N) is 3. The van der Waals surface area contributed by atoms with Crippen LogP contribution in [0.1, 0.15) is 0 Å². The maximum absolute atomic E-state index is 5.10. The molecule has 0 unspecified atom stereocenters. The van der Waals surface area contributed by atoms with E-state index in [9.17, 15) is 0 Å². The molecular weight excluding hydrogens is 500 g/mol. The zero-order chi connectivity index (χ0) is 28.3. The maximum Gasteiger partial charge on any atom is 0.138 e. The fourth-order valence-electron chi connectivity index (χ4n) is 5.08. The quantitative estimate of drug-likeness (QED) is 0.222. The van der Waals surface area contributed by atoms with Gasteiger partial charge >= 0.3 is 0 Å². The van der Waals surface area contributed by atoms with Crippen molar-refractivity contribution in [2.24, 2.45) is 0 Å². The number of anilines is 2. The van der Waals surface area contributed by atoms with Crippen LogP contribution in [0.4, 0.5) is 11.4 Å². The Hall–Kier alpha value is -5.09. The summed E-state index contributed by atoms with van der Waals surface area (Å²) in [5.41, 5.74) is 12.4. The molecule has 1 aromatic heterocycles. The molecule has 6 rings (SSSR count). The lowest BCUT2D eigenvalue weighted by molar-refractivity contribution is 1.13. The number of nitrogens with one attached hydrogen (secondary N) is 1. The fourth-order valence-corrected chi connectivity index (χ4v) is 5.08. The van der Waals surface area contributed by atoms with Crippen LogP contribution in [0.15, 0.2) is 127 Å². The molecule has 0 amide bonds. The van der Waals surface area contributed by atoms with Crippen LogP contribution in [0.2, 0.25) is 0 Å². The van der Waals surface area contributed by atoms with Crippen LogP contribution in [0.5, 0.6) is 0 Å². The maximum atomic E-state index is 5.10. The summed E-state index contributed by atoms with van der Waals surface area (Å²) in [6.07, 6.45) is 0. The average Bonchev–Trinajstić information content (AvgIpc) is 3.47. The van der Waals surface area contributed by atoms with E-state index >= 15 is 0 Å². The molecule has 202 valence electrons. The molecule has 0 aliphatic heterocycles. The third-order valence-corrected chi connectivity index (χ3v) is 7.52. The van der Waals surface area contributed by atoms with E-state index in [0.717, 1.165) is 33.9 Å². The first kappa shape index (κ1) is 26.1. The molecule has 4 nitrogen and oxygen atoms in total. The minimum Gasteiger partial charge on any atom is -0.378 e. The van der Waals surface area contributed by atoms with Crippen molar-refractivity contribution in [2.75, 3.05) is 38.0 Å². The van der Waals surface area contributed by atoms with Crippen molar-refractivity contribution in [3.8, 4) is 56.2 Å². The lowest BCUT2D eigenvalue weighted by Crippen LogP contribution is -2.07. The van der Waals surface area contributed by atoms with E-state index in [-0.39, 0.29) is 0 Å². The minimum absolute atomic E-state index is 0.863. The molecule has 6 aromatic rings. The molecule has 1 N–H and O–H groups in total. The molecule has 5 aromatic carbocycles. The molecule has 4 heteroatoms. The van der Waals surface area contributed by atoms with Gasteiger partial charge < -0.3 is 14.8 Å². The number of aromatic amines is 1. The molecule has 0 spiro atoms. The van der Waals surface area contributed by atoms with E-state index in [0.29, 0.717) is 0 Å². The summed E-state index contributed by atoms with van der Waals surface area (Å²) < 4.78 is 0. The number of hydrogen-bond donors (Lipinski definition) is 1. The van der Waals surface area contributed by atoms with Crippen LogP contribution >= 0.6 is 0 Å². The molecule has 0 aliphatic rings. The highest BCUT2D eigenvalue weighted by Crippen LogP contribution is 2.35. The number of hydrogen-bond acceptors (Lipinski definition) is 3. The predicted octanol–water partition coefficient (Wildman–Crippen LogP) is 8.88. The Morgan fingerprint density at radius 3 is 1.24 bits per heavy atom. The Morgan fingerprint density at radius 2 is 0.805 bits per heavy atom. The first-order valence-electron chi connectivity index (χ1n) is 13.9. The summed E-state index contributed by atoms with van der Waals surface area (Å²) in [7, 11) is 8.24. The van der Waals surface area contributed by atoms with Gasteiger partial charge in [0.05, 0.1) is 11.4 Å². The number of benzene rings is 5. The molecule has 0 saturated carbocycles. The molecule has 0 aliphatic carbocycles. The van der Waals surface area contributed by atoms with Gasteiger partial charge in [-0.2, -0.15) is 0 Å². The van der Waals surface area contributed by atoms with E-state index in [4.69, 9.17) is 4.98 Å². The average molecular weight is 535 g/mol. The largest absolute Gasteiger partial charge is 0.378 e. The second-order valence-electron chi connectivity index (χ2n) is 10.7. The standard InChI is InChI=1S/C37H34N4/c1-40(2)33-22-18-28(19-23-33)26-10-14-30(15-11-26)35-36(39-37(38-35)32-8-6-5-7-9-32)31-16-12-27(13-17-31)29-20-24-34(25-21-29)41(3)4/h5-25H,1-4H3,(H,38,39). The number of imidazole rings is 1. The molecule has 0 atom stereocenters. The van der Waals surface area contributed by atoms with Gasteiger partial charge in [0.15, 0.2) is 0 Å². The SMILES string of the molecule is CN(C)c1ccc(-c2ccc(-c3nc(-c4ccccc4)[nH]c3-c3ccc(-c4ccc(N(C)C)cc4)cc3)cc2)cc1. The summed E-state index contributed by atoms with van der Waals surface area (Å²) in [5, 5.41) is 0. The highest BCUT2D eigenvalue weighted by molar-refractivity contribution is 5.83. The summed E-state index contributed by atoms with van der Waals surface area (Å²) in [5.74, 6) is 0.863. The van der Waals surface area contributed by atoms with E-state index in [2.05, 4.69) is 152 Å². The zero-order valence-electron chi connectivity index (χ0n) is 24.0. The smallest absolute Gasteiger partial charge is 0.138 e. The molecular formula is C37H34N4. The van der Waals surface area contributed by atoms with E-state index in [1.807, 2.05) is 18.2 Å². The number of H-pyrrole nitrogens is 1. The highest BCUT2D eigenvalue weighted by Gasteiger charge is 2.16. The Morgan fingerprint density at radius 1 is 0.415 bits per heavy atom. The summed E-state index contributed by atoms with van der Waals surface area (Å²) in [4.78, 5) is 13.0. The first-order chi connectivity index (χ1) is 20.0. The van der Waals surface area contributed by atoms with Crippen molar-refractivity contribution in [3.63, 3.8) is 0 Å². The molecule has 41 heavy (non-hydrogen) atoms. The normalized spacial score (nSPS) is 10.9. The van der Waals surface area contributed by atoms with Crippen LogP contribution in [-0.2, 0) is 0 Å². The topological polar surface area (TPSA) is 35.2 Å². The number of aromatic nitrogens is 2. The third-order valence-electron chi connectivity index (χ3n) is 7.52. The van der Waals surface area contributed by atoms with Crippen LogP contribution in [0, 0.1) is 0 Å². The van der Waals surface area contributed by atoms with E-state index < -0.39 is 0 Å². The molecule has 1 heterocycles. The number of rotatable bonds is 7. The Bertz CT molecular complexity index is 1620. The lowest BCUT2D eigenvalue weighted by atomic mass is 9.99. The van der Waals surface area contributed by atoms with E-state index in [1.165, 1.54) is 33.6 Å². The van der Waals surface area contributed by atoms with Crippen LogP contribution in [0.25, 0.3) is 56.2 Å². The highest BCUT2D eigenvalue weighted by atomic mass is 15.1. The van der Waals surface area contributed by atoms with Crippen molar-refractivity contribution < 1.29 is 0 Å². The molecule has 0 bridgehead atoms. The molecule has 0 radical (unpaired) electrons. The Labute approximate surface area is 242 Å². The molecule has 0 fully saturated rings. The van der Waals surface area contributed by atoms with Crippen molar-refractivity contribution >= 4 is 11.4 Å².